The quantitative estimate of drug-likeness (QED) is 0.415. The van der Waals surface area contributed by atoms with Gasteiger partial charge in [-0.2, -0.15) is 0 Å². The molecule has 0 amide bonds. The standard InChI is InChI=1S/C19H35N5/c1-3-20-19(22-16-18-10-15-23(2)17-18)21-11-6-4-7-12-24-13-8-5-9-14-24/h10,15,17H,3-9,11-14,16H2,1-2H3,(H2,20,21,22). The van der Waals surface area contributed by atoms with E-state index >= 15 is 0 Å². The molecule has 0 atom stereocenters. The highest BCUT2D eigenvalue weighted by molar-refractivity contribution is 5.79. The molecule has 0 unspecified atom stereocenters. The minimum Gasteiger partial charge on any atom is -0.357 e. The number of aromatic nitrogens is 1. The predicted octanol–water partition coefficient (Wildman–Crippen LogP) is 2.74. The fourth-order valence-corrected chi connectivity index (χ4v) is 3.19. The van der Waals surface area contributed by atoms with E-state index in [1.165, 1.54) is 63.7 Å². The number of hydrogen-bond acceptors (Lipinski definition) is 2. The molecule has 0 bridgehead atoms. The van der Waals surface area contributed by atoms with Gasteiger partial charge in [0.25, 0.3) is 0 Å². The molecule has 2 N–H and O–H groups in total. The van der Waals surface area contributed by atoms with E-state index in [-0.39, 0.29) is 0 Å². The molecule has 0 aromatic carbocycles. The molecule has 1 aromatic rings. The van der Waals surface area contributed by atoms with Crippen LogP contribution in [-0.2, 0) is 13.6 Å². The van der Waals surface area contributed by atoms with Crippen molar-refractivity contribution in [1.29, 1.82) is 0 Å². The van der Waals surface area contributed by atoms with Gasteiger partial charge < -0.3 is 20.1 Å². The van der Waals surface area contributed by atoms with E-state index in [1.54, 1.807) is 0 Å². The lowest BCUT2D eigenvalue weighted by Gasteiger charge is -2.26. The molecule has 5 heteroatoms. The number of piperidine rings is 1. The Morgan fingerprint density at radius 2 is 1.96 bits per heavy atom. The lowest BCUT2D eigenvalue weighted by molar-refractivity contribution is 0.224. The van der Waals surface area contributed by atoms with Gasteiger partial charge in [0, 0.05) is 32.5 Å². The number of nitrogens with zero attached hydrogens (tertiary/aromatic N) is 3. The van der Waals surface area contributed by atoms with Crippen molar-refractivity contribution < 1.29 is 0 Å². The van der Waals surface area contributed by atoms with Crippen molar-refractivity contribution in [3.05, 3.63) is 24.0 Å². The van der Waals surface area contributed by atoms with Crippen molar-refractivity contribution in [3.8, 4) is 0 Å². The number of aryl methyl sites for hydroxylation is 1. The second kappa shape index (κ2) is 11.1. The zero-order valence-corrected chi connectivity index (χ0v) is 15.6. The smallest absolute Gasteiger partial charge is 0.191 e. The van der Waals surface area contributed by atoms with E-state index in [0.29, 0.717) is 0 Å². The number of unbranched alkanes of at least 4 members (excludes halogenated alkanes) is 2. The number of guanidine groups is 1. The number of nitrogens with one attached hydrogen (secondary N) is 2. The summed E-state index contributed by atoms with van der Waals surface area (Å²) >= 11 is 0. The Labute approximate surface area is 147 Å². The summed E-state index contributed by atoms with van der Waals surface area (Å²) < 4.78 is 2.06. The molecule has 24 heavy (non-hydrogen) atoms. The van der Waals surface area contributed by atoms with E-state index in [9.17, 15) is 0 Å². The highest BCUT2D eigenvalue weighted by Crippen LogP contribution is 2.09. The summed E-state index contributed by atoms with van der Waals surface area (Å²) in [7, 11) is 2.04. The molecule has 1 aliphatic rings. The minimum absolute atomic E-state index is 0.727. The SMILES string of the molecule is CCNC(=NCc1ccn(C)c1)NCCCCCN1CCCCC1. The van der Waals surface area contributed by atoms with Crippen molar-refractivity contribution in [2.24, 2.45) is 12.0 Å². The monoisotopic (exact) mass is 333 g/mol. The maximum atomic E-state index is 4.66. The Morgan fingerprint density at radius 3 is 2.67 bits per heavy atom. The second-order valence-corrected chi connectivity index (χ2v) is 6.77. The van der Waals surface area contributed by atoms with Gasteiger partial charge in [0.05, 0.1) is 6.54 Å². The third-order valence-corrected chi connectivity index (χ3v) is 4.55. The maximum Gasteiger partial charge on any atom is 0.191 e. The number of hydrogen-bond donors (Lipinski definition) is 2. The molecule has 0 radical (unpaired) electrons. The third-order valence-electron chi connectivity index (χ3n) is 4.55. The number of likely N-dealkylation sites (tertiary alicyclic amines) is 1. The van der Waals surface area contributed by atoms with E-state index in [1.807, 2.05) is 7.05 Å². The predicted molar refractivity (Wildman–Crippen MR) is 102 cm³/mol. The van der Waals surface area contributed by atoms with E-state index in [2.05, 4.69) is 50.5 Å². The lowest BCUT2D eigenvalue weighted by Crippen LogP contribution is -2.37. The summed E-state index contributed by atoms with van der Waals surface area (Å²) in [5, 5.41) is 6.78. The van der Waals surface area contributed by atoms with Gasteiger partial charge in [-0.15, -0.1) is 0 Å². The van der Waals surface area contributed by atoms with Crippen molar-refractivity contribution in [2.45, 2.75) is 52.0 Å². The third kappa shape index (κ3) is 7.39. The van der Waals surface area contributed by atoms with Crippen LogP contribution in [0.2, 0.25) is 0 Å². The summed E-state index contributed by atoms with van der Waals surface area (Å²) in [6, 6.07) is 2.12. The van der Waals surface area contributed by atoms with Gasteiger partial charge >= 0.3 is 0 Å². The molecular weight excluding hydrogens is 298 g/mol. The molecule has 0 saturated carbocycles. The van der Waals surface area contributed by atoms with E-state index in [4.69, 9.17) is 0 Å². The first-order valence-corrected chi connectivity index (χ1v) is 9.63. The molecule has 1 fully saturated rings. The van der Waals surface area contributed by atoms with E-state index < -0.39 is 0 Å². The van der Waals surface area contributed by atoms with Crippen LogP contribution in [-0.4, -0.2) is 48.2 Å². The maximum absolute atomic E-state index is 4.66. The molecule has 2 rings (SSSR count). The Balaban J connectivity index is 1.58. The highest BCUT2D eigenvalue weighted by atomic mass is 15.2. The largest absolute Gasteiger partial charge is 0.357 e. The lowest BCUT2D eigenvalue weighted by atomic mass is 10.1. The van der Waals surface area contributed by atoms with Gasteiger partial charge in [-0.1, -0.05) is 12.8 Å². The molecule has 0 spiro atoms. The number of rotatable bonds is 9. The molecule has 1 saturated heterocycles. The van der Waals surface area contributed by atoms with Crippen LogP contribution >= 0.6 is 0 Å². The first-order valence-electron chi connectivity index (χ1n) is 9.63. The number of aliphatic imine (C=N–C) groups is 1. The van der Waals surface area contributed by atoms with Gasteiger partial charge in [0.2, 0.25) is 0 Å². The van der Waals surface area contributed by atoms with Crippen molar-refractivity contribution >= 4 is 5.96 Å². The van der Waals surface area contributed by atoms with Crippen LogP contribution in [0.1, 0.15) is 51.0 Å². The summed E-state index contributed by atoms with van der Waals surface area (Å²) in [6.07, 6.45) is 12.2. The molecule has 2 heterocycles. The molecule has 136 valence electrons. The van der Waals surface area contributed by atoms with E-state index in [0.717, 1.165) is 25.6 Å². The molecule has 1 aliphatic heterocycles. The molecule has 5 nitrogen and oxygen atoms in total. The van der Waals surface area contributed by atoms with Crippen LogP contribution in [0.5, 0.6) is 0 Å². The zero-order chi connectivity index (χ0) is 17.0. The summed E-state index contributed by atoms with van der Waals surface area (Å²) in [5.41, 5.74) is 1.25. The summed E-state index contributed by atoms with van der Waals surface area (Å²) in [4.78, 5) is 7.29. The Bertz CT molecular complexity index is 474. The highest BCUT2D eigenvalue weighted by Gasteiger charge is 2.08. The van der Waals surface area contributed by atoms with Gasteiger partial charge in [-0.05, 0) is 63.9 Å². The zero-order valence-electron chi connectivity index (χ0n) is 15.6. The Morgan fingerprint density at radius 1 is 1.12 bits per heavy atom. The minimum atomic E-state index is 0.727. The fourth-order valence-electron chi connectivity index (χ4n) is 3.19. The Hall–Kier alpha value is -1.49. The van der Waals surface area contributed by atoms with Gasteiger partial charge in [0.15, 0.2) is 5.96 Å². The van der Waals surface area contributed by atoms with Crippen molar-refractivity contribution in [3.63, 3.8) is 0 Å². The average molecular weight is 334 g/mol. The van der Waals surface area contributed by atoms with Crippen LogP contribution < -0.4 is 10.6 Å². The molecule has 0 aliphatic carbocycles. The van der Waals surface area contributed by atoms with Gasteiger partial charge in [-0.3, -0.25) is 0 Å². The van der Waals surface area contributed by atoms with Gasteiger partial charge in [-0.25, -0.2) is 4.99 Å². The van der Waals surface area contributed by atoms with Crippen LogP contribution in [0.3, 0.4) is 0 Å². The van der Waals surface area contributed by atoms with Crippen molar-refractivity contribution in [2.75, 3.05) is 32.7 Å². The van der Waals surface area contributed by atoms with Crippen LogP contribution in [0.25, 0.3) is 0 Å². The fraction of sp³-hybridized carbons (Fsp3) is 0.737. The van der Waals surface area contributed by atoms with Gasteiger partial charge in [0.1, 0.15) is 0 Å². The molecular formula is C19H35N5. The first kappa shape index (κ1) is 18.8. The van der Waals surface area contributed by atoms with Crippen LogP contribution in [0.15, 0.2) is 23.5 Å². The average Bonchev–Trinajstić information content (AvgIpc) is 3.02. The summed E-state index contributed by atoms with van der Waals surface area (Å²) in [5.74, 6) is 0.928. The molecule has 1 aromatic heterocycles. The van der Waals surface area contributed by atoms with Crippen LogP contribution in [0.4, 0.5) is 0 Å². The second-order valence-electron chi connectivity index (χ2n) is 6.77. The van der Waals surface area contributed by atoms with Crippen molar-refractivity contribution in [1.82, 2.24) is 20.1 Å². The topological polar surface area (TPSA) is 44.6 Å². The summed E-state index contributed by atoms with van der Waals surface area (Å²) in [6.45, 7) is 8.64. The Kier molecular flexibility index (Phi) is 8.74. The first-order chi connectivity index (χ1) is 11.8. The van der Waals surface area contributed by atoms with Crippen LogP contribution in [0, 0.1) is 0 Å². The normalized spacial score (nSPS) is 16.3.